The first-order valence-corrected chi connectivity index (χ1v) is 6.32. The van der Waals surface area contributed by atoms with Gasteiger partial charge in [0.2, 0.25) is 0 Å². The molecule has 0 unspecified atom stereocenters. The van der Waals surface area contributed by atoms with E-state index in [0.29, 0.717) is 5.92 Å². The Labute approximate surface area is 106 Å². The summed E-state index contributed by atoms with van der Waals surface area (Å²) >= 11 is 0. The van der Waals surface area contributed by atoms with Gasteiger partial charge in [0.25, 0.3) is 0 Å². The summed E-state index contributed by atoms with van der Waals surface area (Å²) in [5.41, 5.74) is 1.10. The lowest BCUT2D eigenvalue weighted by Crippen LogP contribution is -2.33. The highest BCUT2D eigenvalue weighted by Gasteiger charge is 2.21. The maximum Gasteiger partial charge on any atom is 0.303 e. The molecule has 1 aromatic carbocycles. The van der Waals surface area contributed by atoms with Crippen LogP contribution in [0.15, 0.2) is 24.3 Å². The van der Waals surface area contributed by atoms with Crippen molar-refractivity contribution in [3.63, 3.8) is 0 Å². The van der Waals surface area contributed by atoms with Crippen molar-refractivity contribution in [3.05, 3.63) is 35.6 Å². The highest BCUT2D eigenvalue weighted by Crippen LogP contribution is 2.21. The number of carboxylic acids is 1. The molecule has 1 aliphatic rings. The number of piperidine rings is 1. The van der Waals surface area contributed by atoms with E-state index in [9.17, 15) is 9.18 Å². The third kappa shape index (κ3) is 3.81. The number of carbonyl (C=O) groups is 1. The summed E-state index contributed by atoms with van der Waals surface area (Å²) in [4.78, 5) is 12.9. The quantitative estimate of drug-likeness (QED) is 0.894. The SMILES string of the molecule is O=C(O)CC1CCN(Cc2ccc(F)cc2)CC1. The van der Waals surface area contributed by atoms with E-state index in [1.54, 1.807) is 12.1 Å². The zero-order chi connectivity index (χ0) is 13.0. The smallest absolute Gasteiger partial charge is 0.303 e. The molecule has 0 radical (unpaired) electrons. The molecule has 1 aromatic rings. The fourth-order valence-electron chi connectivity index (χ4n) is 2.44. The molecule has 2 rings (SSSR count). The van der Waals surface area contributed by atoms with E-state index >= 15 is 0 Å². The van der Waals surface area contributed by atoms with Crippen molar-refractivity contribution < 1.29 is 14.3 Å². The number of carboxylic acid groups (broad SMARTS) is 1. The van der Waals surface area contributed by atoms with Crippen LogP contribution < -0.4 is 0 Å². The van der Waals surface area contributed by atoms with Gasteiger partial charge in [0.15, 0.2) is 0 Å². The van der Waals surface area contributed by atoms with Crippen molar-refractivity contribution in [1.82, 2.24) is 4.90 Å². The Balaban J connectivity index is 1.79. The lowest BCUT2D eigenvalue weighted by molar-refractivity contribution is -0.138. The topological polar surface area (TPSA) is 40.5 Å². The Hall–Kier alpha value is -1.42. The van der Waals surface area contributed by atoms with Crippen molar-refractivity contribution in [2.45, 2.75) is 25.8 Å². The third-order valence-electron chi connectivity index (χ3n) is 3.49. The lowest BCUT2D eigenvalue weighted by Gasteiger charge is -2.31. The van der Waals surface area contributed by atoms with Crippen molar-refractivity contribution in [2.24, 2.45) is 5.92 Å². The Kier molecular flexibility index (Phi) is 4.31. The first kappa shape index (κ1) is 13.0. The molecule has 18 heavy (non-hydrogen) atoms. The van der Waals surface area contributed by atoms with Gasteiger partial charge in [-0.1, -0.05) is 12.1 Å². The fraction of sp³-hybridized carbons (Fsp3) is 0.500. The summed E-state index contributed by atoms with van der Waals surface area (Å²) < 4.78 is 12.8. The van der Waals surface area contributed by atoms with E-state index in [2.05, 4.69) is 4.90 Å². The summed E-state index contributed by atoms with van der Waals surface area (Å²) in [6, 6.07) is 6.57. The second-order valence-corrected chi connectivity index (χ2v) is 4.94. The molecule has 1 aliphatic heterocycles. The molecular formula is C14H18FNO2. The number of likely N-dealkylation sites (tertiary alicyclic amines) is 1. The van der Waals surface area contributed by atoms with Crippen LogP contribution in [-0.4, -0.2) is 29.1 Å². The van der Waals surface area contributed by atoms with Gasteiger partial charge in [-0.25, -0.2) is 4.39 Å². The van der Waals surface area contributed by atoms with Crippen LogP contribution in [-0.2, 0) is 11.3 Å². The second-order valence-electron chi connectivity index (χ2n) is 4.94. The summed E-state index contributed by atoms with van der Waals surface area (Å²) in [7, 11) is 0. The number of hydrogen-bond acceptors (Lipinski definition) is 2. The number of halogens is 1. The van der Waals surface area contributed by atoms with E-state index in [4.69, 9.17) is 5.11 Å². The minimum atomic E-state index is -0.702. The third-order valence-corrected chi connectivity index (χ3v) is 3.49. The van der Waals surface area contributed by atoms with Gasteiger partial charge >= 0.3 is 5.97 Å². The summed E-state index contributed by atoms with van der Waals surface area (Å²) in [6.07, 6.45) is 2.16. The van der Waals surface area contributed by atoms with Crippen LogP contribution >= 0.6 is 0 Å². The summed E-state index contributed by atoms with van der Waals surface area (Å²) in [6.45, 7) is 2.67. The number of benzene rings is 1. The maximum atomic E-state index is 12.8. The average Bonchev–Trinajstić information content (AvgIpc) is 2.34. The molecule has 0 bridgehead atoms. The molecule has 0 atom stereocenters. The number of aliphatic carboxylic acids is 1. The van der Waals surface area contributed by atoms with E-state index in [1.807, 2.05) is 0 Å². The van der Waals surface area contributed by atoms with Crippen LogP contribution in [0.3, 0.4) is 0 Å². The Morgan fingerprint density at radius 1 is 1.28 bits per heavy atom. The van der Waals surface area contributed by atoms with Gasteiger partial charge in [0, 0.05) is 13.0 Å². The molecule has 3 nitrogen and oxygen atoms in total. The molecule has 0 aliphatic carbocycles. The Morgan fingerprint density at radius 2 is 1.89 bits per heavy atom. The first-order valence-electron chi connectivity index (χ1n) is 6.32. The molecule has 0 saturated carbocycles. The molecule has 1 N–H and O–H groups in total. The molecule has 0 aromatic heterocycles. The average molecular weight is 251 g/mol. The molecule has 0 spiro atoms. The molecule has 1 heterocycles. The van der Waals surface area contributed by atoms with Crippen LogP contribution in [0.5, 0.6) is 0 Å². The van der Waals surface area contributed by atoms with Gasteiger partial charge < -0.3 is 5.11 Å². The summed E-state index contributed by atoms with van der Waals surface area (Å²) in [5, 5.41) is 8.74. The number of rotatable bonds is 4. The van der Waals surface area contributed by atoms with E-state index in [-0.39, 0.29) is 12.2 Å². The Bertz CT molecular complexity index is 397. The highest BCUT2D eigenvalue weighted by atomic mass is 19.1. The monoisotopic (exact) mass is 251 g/mol. The zero-order valence-corrected chi connectivity index (χ0v) is 10.3. The molecular weight excluding hydrogens is 233 g/mol. The lowest BCUT2D eigenvalue weighted by atomic mass is 9.93. The maximum absolute atomic E-state index is 12.8. The van der Waals surface area contributed by atoms with Crippen LogP contribution in [0, 0.1) is 11.7 Å². The van der Waals surface area contributed by atoms with Gasteiger partial charge in [-0.2, -0.15) is 0 Å². The summed E-state index contributed by atoms with van der Waals surface area (Å²) in [5.74, 6) is -0.599. The van der Waals surface area contributed by atoms with E-state index in [0.717, 1.165) is 38.0 Å². The Morgan fingerprint density at radius 3 is 2.44 bits per heavy atom. The van der Waals surface area contributed by atoms with Crippen LogP contribution in [0.2, 0.25) is 0 Å². The first-order chi connectivity index (χ1) is 8.63. The largest absolute Gasteiger partial charge is 0.481 e. The predicted octanol–water partition coefficient (Wildman–Crippen LogP) is 2.51. The van der Waals surface area contributed by atoms with Crippen molar-refractivity contribution in [3.8, 4) is 0 Å². The van der Waals surface area contributed by atoms with Crippen LogP contribution in [0.4, 0.5) is 4.39 Å². The van der Waals surface area contributed by atoms with Gasteiger partial charge in [0.05, 0.1) is 0 Å². The second kappa shape index (κ2) is 5.96. The minimum Gasteiger partial charge on any atom is -0.481 e. The standard InChI is InChI=1S/C14H18FNO2/c15-13-3-1-12(2-4-13)10-16-7-5-11(6-8-16)9-14(17)18/h1-4,11H,5-10H2,(H,17,18). The molecule has 98 valence electrons. The van der Waals surface area contributed by atoms with Gasteiger partial charge in [-0.05, 0) is 49.5 Å². The van der Waals surface area contributed by atoms with Gasteiger partial charge in [-0.3, -0.25) is 9.69 Å². The van der Waals surface area contributed by atoms with Crippen LogP contribution in [0.25, 0.3) is 0 Å². The van der Waals surface area contributed by atoms with Gasteiger partial charge in [0.1, 0.15) is 5.82 Å². The zero-order valence-electron chi connectivity index (χ0n) is 10.3. The molecule has 0 amide bonds. The van der Waals surface area contributed by atoms with Crippen LogP contribution in [0.1, 0.15) is 24.8 Å². The number of hydrogen-bond donors (Lipinski definition) is 1. The highest BCUT2D eigenvalue weighted by molar-refractivity contribution is 5.67. The van der Waals surface area contributed by atoms with Crippen molar-refractivity contribution in [2.75, 3.05) is 13.1 Å². The van der Waals surface area contributed by atoms with E-state index < -0.39 is 5.97 Å². The predicted molar refractivity (Wildman–Crippen MR) is 66.7 cm³/mol. The molecule has 1 fully saturated rings. The molecule has 1 saturated heterocycles. The minimum absolute atomic E-state index is 0.209. The van der Waals surface area contributed by atoms with E-state index in [1.165, 1.54) is 12.1 Å². The number of nitrogens with zero attached hydrogens (tertiary/aromatic N) is 1. The van der Waals surface area contributed by atoms with Crippen molar-refractivity contribution in [1.29, 1.82) is 0 Å². The fourth-order valence-corrected chi connectivity index (χ4v) is 2.44. The van der Waals surface area contributed by atoms with Crippen molar-refractivity contribution >= 4 is 5.97 Å². The normalized spacial score (nSPS) is 17.8. The van der Waals surface area contributed by atoms with Gasteiger partial charge in [-0.15, -0.1) is 0 Å². The molecule has 4 heteroatoms.